The van der Waals surface area contributed by atoms with Gasteiger partial charge in [-0.2, -0.15) is 0 Å². The van der Waals surface area contributed by atoms with Crippen molar-refractivity contribution in [2.45, 2.75) is 26.3 Å². The number of carbonyl (C=O) groups is 1. The van der Waals surface area contributed by atoms with Crippen LogP contribution in [0, 0.1) is 5.82 Å². The average Bonchev–Trinajstić information content (AvgIpc) is 2.43. The van der Waals surface area contributed by atoms with E-state index in [1.807, 2.05) is 6.92 Å². The molecule has 1 aromatic heterocycles. The van der Waals surface area contributed by atoms with Crippen LogP contribution in [0.25, 0.3) is 11.0 Å². The Hall–Kier alpha value is -2.44. The van der Waals surface area contributed by atoms with E-state index in [4.69, 9.17) is 0 Å². The highest BCUT2D eigenvalue weighted by Gasteiger charge is 2.08. The predicted octanol–water partition coefficient (Wildman–Crippen LogP) is 0.745. The summed E-state index contributed by atoms with van der Waals surface area (Å²) in [7, 11) is 0. The van der Waals surface area contributed by atoms with Crippen molar-refractivity contribution >= 4 is 16.9 Å². The third-order valence-electron chi connectivity index (χ3n) is 3.07. The van der Waals surface area contributed by atoms with Crippen molar-refractivity contribution in [3.8, 4) is 0 Å². The number of halogens is 1. The largest absolute Gasteiger partial charge is 0.354 e. The molecular formula is C14H16FN3O3. The average molecular weight is 293 g/mol. The molecule has 0 aliphatic rings. The molecule has 6 nitrogen and oxygen atoms in total. The summed E-state index contributed by atoms with van der Waals surface area (Å²) in [5.74, 6) is -0.606. The van der Waals surface area contributed by atoms with Gasteiger partial charge in [0.05, 0.1) is 11.0 Å². The summed E-state index contributed by atoms with van der Waals surface area (Å²) in [4.78, 5) is 37.2. The molecule has 0 saturated heterocycles. The van der Waals surface area contributed by atoms with Crippen molar-refractivity contribution in [2.75, 3.05) is 6.54 Å². The molecular weight excluding hydrogens is 277 g/mol. The van der Waals surface area contributed by atoms with E-state index in [1.165, 1.54) is 16.7 Å². The summed E-state index contributed by atoms with van der Waals surface area (Å²) in [5, 5.41) is 2.67. The number of nitrogens with one attached hydrogen (secondary N) is 2. The summed E-state index contributed by atoms with van der Waals surface area (Å²) in [6, 6.07) is 3.80. The first-order valence-electron chi connectivity index (χ1n) is 6.72. The van der Waals surface area contributed by atoms with Crippen LogP contribution in [0.4, 0.5) is 4.39 Å². The standard InChI is InChI=1S/C14H16FN3O3/c1-2-3-12(19)16-6-7-18-11-5-4-9(15)8-10(11)17-13(20)14(18)21/h4-5,8H,2-3,6-7H2,1H3,(H,16,19)(H,17,20). The quantitative estimate of drug-likeness (QED) is 0.798. The first kappa shape index (κ1) is 15.0. The number of hydrogen-bond acceptors (Lipinski definition) is 3. The minimum atomic E-state index is -0.812. The number of aromatic amines is 1. The highest BCUT2D eigenvalue weighted by Crippen LogP contribution is 2.09. The van der Waals surface area contributed by atoms with Crippen LogP contribution in [-0.4, -0.2) is 22.0 Å². The zero-order valence-corrected chi connectivity index (χ0v) is 11.6. The lowest BCUT2D eigenvalue weighted by Crippen LogP contribution is -2.39. The number of fused-ring (bicyclic) bond motifs is 1. The van der Waals surface area contributed by atoms with Crippen LogP contribution in [0.15, 0.2) is 27.8 Å². The van der Waals surface area contributed by atoms with E-state index in [-0.39, 0.29) is 24.5 Å². The minimum absolute atomic E-state index is 0.106. The maximum absolute atomic E-state index is 13.2. The Balaban J connectivity index is 2.30. The second kappa shape index (κ2) is 6.34. The third kappa shape index (κ3) is 3.36. The summed E-state index contributed by atoms with van der Waals surface area (Å²) in [6.45, 7) is 2.28. The smallest absolute Gasteiger partial charge is 0.316 e. The molecule has 2 N–H and O–H groups in total. The number of aromatic nitrogens is 2. The lowest BCUT2D eigenvalue weighted by atomic mass is 10.3. The van der Waals surface area contributed by atoms with Gasteiger partial charge >= 0.3 is 11.1 Å². The molecule has 2 aromatic rings. The van der Waals surface area contributed by atoms with Crippen LogP contribution in [0.5, 0.6) is 0 Å². The molecule has 0 unspecified atom stereocenters. The molecule has 0 atom stereocenters. The predicted molar refractivity (Wildman–Crippen MR) is 76.7 cm³/mol. The molecule has 1 amide bonds. The van der Waals surface area contributed by atoms with Gasteiger partial charge in [0.25, 0.3) is 0 Å². The van der Waals surface area contributed by atoms with E-state index in [0.717, 1.165) is 12.5 Å². The van der Waals surface area contributed by atoms with Gasteiger partial charge in [0.2, 0.25) is 5.91 Å². The Kier molecular flexibility index (Phi) is 4.52. The Morgan fingerprint density at radius 2 is 2.14 bits per heavy atom. The van der Waals surface area contributed by atoms with Gasteiger partial charge in [-0.1, -0.05) is 6.92 Å². The van der Waals surface area contributed by atoms with Crippen molar-refractivity contribution in [3.05, 3.63) is 44.7 Å². The Bertz CT molecular complexity index is 779. The van der Waals surface area contributed by atoms with E-state index in [2.05, 4.69) is 10.3 Å². The molecule has 0 fully saturated rings. The van der Waals surface area contributed by atoms with Gasteiger partial charge in [0.15, 0.2) is 0 Å². The summed E-state index contributed by atoms with van der Waals surface area (Å²) < 4.78 is 14.4. The van der Waals surface area contributed by atoms with Gasteiger partial charge in [-0.05, 0) is 24.6 Å². The summed E-state index contributed by atoms with van der Waals surface area (Å²) >= 11 is 0. The molecule has 2 rings (SSSR count). The lowest BCUT2D eigenvalue weighted by Gasteiger charge is -2.10. The van der Waals surface area contributed by atoms with Crippen LogP contribution in [0.2, 0.25) is 0 Å². The maximum Gasteiger partial charge on any atom is 0.316 e. The second-order valence-corrected chi connectivity index (χ2v) is 4.67. The first-order chi connectivity index (χ1) is 10.0. The zero-order valence-electron chi connectivity index (χ0n) is 11.6. The van der Waals surface area contributed by atoms with Gasteiger partial charge in [0.1, 0.15) is 5.82 Å². The highest BCUT2D eigenvalue weighted by atomic mass is 19.1. The normalized spacial score (nSPS) is 10.8. The lowest BCUT2D eigenvalue weighted by molar-refractivity contribution is -0.121. The van der Waals surface area contributed by atoms with Crippen LogP contribution >= 0.6 is 0 Å². The Morgan fingerprint density at radius 3 is 2.86 bits per heavy atom. The molecule has 0 aliphatic heterocycles. The van der Waals surface area contributed by atoms with Crippen molar-refractivity contribution in [3.63, 3.8) is 0 Å². The summed E-state index contributed by atoms with van der Waals surface area (Å²) in [5.41, 5.74) is -0.864. The molecule has 21 heavy (non-hydrogen) atoms. The van der Waals surface area contributed by atoms with Crippen molar-refractivity contribution < 1.29 is 9.18 Å². The molecule has 0 aliphatic carbocycles. The molecule has 7 heteroatoms. The molecule has 0 spiro atoms. The number of carbonyl (C=O) groups excluding carboxylic acids is 1. The van der Waals surface area contributed by atoms with Crippen LogP contribution in [-0.2, 0) is 11.3 Å². The minimum Gasteiger partial charge on any atom is -0.354 e. The Morgan fingerprint density at radius 1 is 1.38 bits per heavy atom. The number of rotatable bonds is 5. The second-order valence-electron chi connectivity index (χ2n) is 4.67. The fourth-order valence-corrected chi connectivity index (χ4v) is 2.10. The molecule has 1 aromatic carbocycles. The third-order valence-corrected chi connectivity index (χ3v) is 3.07. The number of benzene rings is 1. The SMILES string of the molecule is CCCC(=O)NCCn1c(=O)c(=O)[nH]c2cc(F)ccc21. The van der Waals surface area contributed by atoms with Gasteiger partial charge in [-0.15, -0.1) is 0 Å². The van der Waals surface area contributed by atoms with Crippen LogP contribution in [0.3, 0.4) is 0 Å². The zero-order chi connectivity index (χ0) is 15.4. The van der Waals surface area contributed by atoms with Gasteiger partial charge in [-0.3, -0.25) is 14.4 Å². The summed E-state index contributed by atoms with van der Waals surface area (Å²) in [6.07, 6.45) is 1.15. The fraction of sp³-hybridized carbons (Fsp3) is 0.357. The fourth-order valence-electron chi connectivity index (χ4n) is 2.10. The van der Waals surface area contributed by atoms with E-state index >= 15 is 0 Å². The maximum atomic E-state index is 13.2. The number of hydrogen-bond donors (Lipinski definition) is 2. The van der Waals surface area contributed by atoms with Crippen molar-refractivity contribution in [1.82, 2.24) is 14.9 Å². The number of amides is 1. The molecule has 112 valence electrons. The van der Waals surface area contributed by atoms with Crippen LogP contribution in [0.1, 0.15) is 19.8 Å². The topological polar surface area (TPSA) is 84.0 Å². The van der Waals surface area contributed by atoms with Crippen molar-refractivity contribution in [2.24, 2.45) is 0 Å². The highest BCUT2D eigenvalue weighted by molar-refractivity contribution is 5.76. The first-order valence-corrected chi connectivity index (χ1v) is 6.72. The molecule has 0 bridgehead atoms. The van der Waals surface area contributed by atoms with Gasteiger partial charge in [0, 0.05) is 19.5 Å². The van der Waals surface area contributed by atoms with Gasteiger partial charge in [-0.25, -0.2) is 4.39 Å². The van der Waals surface area contributed by atoms with Gasteiger partial charge < -0.3 is 14.9 Å². The molecule has 0 saturated carbocycles. The van der Waals surface area contributed by atoms with E-state index in [0.29, 0.717) is 11.9 Å². The molecule has 1 heterocycles. The number of H-pyrrole nitrogens is 1. The monoisotopic (exact) mass is 293 g/mol. The van der Waals surface area contributed by atoms with Crippen LogP contribution < -0.4 is 16.4 Å². The Labute approximate surface area is 119 Å². The number of nitrogens with zero attached hydrogens (tertiary/aromatic N) is 1. The molecule has 0 radical (unpaired) electrons. The van der Waals surface area contributed by atoms with Crippen molar-refractivity contribution in [1.29, 1.82) is 0 Å². The van der Waals surface area contributed by atoms with E-state index in [1.54, 1.807) is 0 Å². The van der Waals surface area contributed by atoms with E-state index in [9.17, 15) is 18.8 Å². The van der Waals surface area contributed by atoms with E-state index < -0.39 is 16.9 Å².